The van der Waals surface area contributed by atoms with Gasteiger partial charge in [-0.05, 0) is 38.8 Å². The maximum atomic E-state index is 13.5. The molecule has 0 fully saturated rings. The van der Waals surface area contributed by atoms with E-state index in [0.29, 0.717) is 12.6 Å². The van der Waals surface area contributed by atoms with Crippen LogP contribution in [0.1, 0.15) is 26.7 Å². The Labute approximate surface area is 154 Å². The van der Waals surface area contributed by atoms with Crippen LogP contribution in [0.2, 0.25) is 0 Å². The summed E-state index contributed by atoms with van der Waals surface area (Å²) in [4.78, 5) is 4.52. The number of nitrogens with zero attached hydrogens (tertiary/aromatic N) is 1. The van der Waals surface area contributed by atoms with Crippen LogP contribution in [0, 0.1) is 5.82 Å². The fourth-order valence-electron chi connectivity index (χ4n) is 2.26. The molecule has 0 aliphatic heterocycles. The van der Waals surface area contributed by atoms with Crippen LogP contribution in [-0.2, 0) is 0 Å². The lowest BCUT2D eigenvalue weighted by Gasteiger charge is -2.18. The van der Waals surface area contributed by atoms with Gasteiger partial charge in [-0.15, -0.1) is 24.0 Å². The second-order valence-electron chi connectivity index (χ2n) is 5.36. The smallest absolute Gasteiger partial charge is 0.191 e. The molecule has 0 aromatic heterocycles. The summed E-state index contributed by atoms with van der Waals surface area (Å²) >= 11 is 0. The molecule has 2 rings (SSSR count). The minimum atomic E-state index is -0.347. The number of para-hydroxylation sites is 1. The third kappa shape index (κ3) is 6.76. The fraction of sp³-hybridized carbons (Fsp3) is 0.471. The second kappa shape index (κ2) is 10.5. The van der Waals surface area contributed by atoms with Crippen molar-refractivity contribution in [3.63, 3.8) is 0 Å². The molecule has 1 aliphatic rings. The number of aliphatic imine (C=N–C) groups is 1. The van der Waals surface area contributed by atoms with Gasteiger partial charge in [0.25, 0.3) is 0 Å². The quantitative estimate of drug-likeness (QED) is 0.313. The molecule has 6 heteroatoms. The zero-order valence-electron chi connectivity index (χ0n) is 13.6. The number of halogens is 2. The summed E-state index contributed by atoms with van der Waals surface area (Å²) in [5, 5.41) is 6.62. The van der Waals surface area contributed by atoms with Gasteiger partial charge < -0.3 is 15.4 Å². The lowest BCUT2D eigenvalue weighted by Crippen LogP contribution is -2.43. The monoisotopic (exact) mass is 433 g/mol. The molecular weight excluding hydrogens is 408 g/mol. The molecule has 0 amide bonds. The van der Waals surface area contributed by atoms with Crippen molar-refractivity contribution in [2.45, 2.75) is 38.8 Å². The van der Waals surface area contributed by atoms with E-state index < -0.39 is 0 Å². The molecule has 1 atom stereocenters. The predicted molar refractivity (Wildman–Crippen MR) is 103 cm³/mol. The maximum absolute atomic E-state index is 13.5. The number of guanidine groups is 1. The third-order valence-electron chi connectivity index (χ3n) is 3.36. The molecule has 0 spiro atoms. The summed E-state index contributed by atoms with van der Waals surface area (Å²) in [7, 11) is 0. The molecule has 0 heterocycles. The molecule has 0 radical (unpaired) electrons. The first-order chi connectivity index (χ1) is 10.7. The van der Waals surface area contributed by atoms with E-state index >= 15 is 0 Å². The van der Waals surface area contributed by atoms with Gasteiger partial charge in [0.05, 0.1) is 6.54 Å². The average Bonchev–Trinajstić information content (AvgIpc) is 3.00. The summed E-state index contributed by atoms with van der Waals surface area (Å²) in [6.45, 7) is 5.18. The van der Waals surface area contributed by atoms with Gasteiger partial charge in [-0.25, -0.2) is 9.38 Å². The van der Waals surface area contributed by atoms with Crippen LogP contribution in [-0.4, -0.2) is 31.2 Å². The van der Waals surface area contributed by atoms with Crippen molar-refractivity contribution in [1.82, 2.24) is 10.6 Å². The Balaban J connectivity index is 0.00000264. The zero-order valence-corrected chi connectivity index (χ0v) is 15.9. The van der Waals surface area contributed by atoms with Gasteiger partial charge in [-0.2, -0.15) is 0 Å². The first kappa shape index (κ1) is 19.7. The standard InChI is InChI=1S/C17H24FN3O.HI/c1-3-19-17(21-14-8-4-5-9-14)20-12-13(2)22-16-11-7-6-10-15(16)18;/h4-7,10-11,13-14H,3,8-9,12H2,1-2H3,(H2,19,20,21);1H. The molecule has 2 N–H and O–H groups in total. The van der Waals surface area contributed by atoms with E-state index in [-0.39, 0.29) is 41.6 Å². The predicted octanol–water partition coefficient (Wildman–Crippen LogP) is 3.48. The number of ether oxygens (including phenoxy) is 1. The first-order valence-corrected chi connectivity index (χ1v) is 7.80. The second-order valence-corrected chi connectivity index (χ2v) is 5.36. The Morgan fingerprint density at radius 2 is 2.04 bits per heavy atom. The minimum absolute atomic E-state index is 0. The van der Waals surface area contributed by atoms with Gasteiger partial charge in [0.1, 0.15) is 6.10 Å². The van der Waals surface area contributed by atoms with E-state index in [1.165, 1.54) is 6.07 Å². The SMILES string of the molecule is CCNC(=NCC(C)Oc1ccccc1F)NC1CC=CC1.I. The Hall–Kier alpha value is -1.31. The molecule has 0 saturated carbocycles. The van der Waals surface area contributed by atoms with Gasteiger partial charge in [0, 0.05) is 12.6 Å². The van der Waals surface area contributed by atoms with Gasteiger partial charge >= 0.3 is 0 Å². The van der Waals surface area contributed by atoms with Gasteiger partial charge in [0.15, 0.2) is 17.5 Å². The molecule has 4 nitrogen and oxygen atoms in total. The average molecular weight is 433 g/mol. The molecule has 1 aliphatic carbocycles. The van der Waals surface area contributed by atoms with Crippen molar-refractivity contribution in [2.24, 2.45) is 4.99 Å². The highest BCUT2D eigenvalue weighted by Crippen LogP contribution is 2.17. The van der Waals surface area contributed by atoms with E-state index in [4.69, 9.17) is 4.74 Å². The van der Waals surface area contributed by atoms with Crippen molar-refractivity contribution in [3.05, 3.63) is 42.2 Å². The normalized spacial score (nSPS) is 15.9. The van der Waals surface area contributed by atoms with Crippen LogP contribution < -0.4 is 15.4 Å². The topological polar surface area (TPSA) is 45.7 Å². The largest absolute Gasteiger partial charge is 0.486 e. The highest BCUT2D eigenvalue weighted by molar-refractivity contribution is 14.0. The first-order valence-electron chi connectivity index (χ1n) is 7.80. The lowest BCUT2D eigenvalue weighted by molar-refractivity contribution is 0.220. The third-order valence-corrected chi connectivity index (χ3v) is 3.36. The summed E-state index contributed by atoms with van der Waals surface area (Å²) < 4.78 is 19.1. The maximum Gasteiger partial charge on any atom is 0.191 e. The van der Waals surface area contributed by atoms with Crippen molar-refractivity contribution < 1.29 is 9.13 Å². The summed E-state index contributed by atoms with van der Waals surface area (Å²) in [5.74, 6) is 0.698. The van der Waals surface area contributed by atoms with Crippen molar-refractivity contribution >= 4 is 29.9 Å². The molecule has 1 aromatic rings. The molecule has 0 bridgehead atoms. The highest BCUT2D eigenvalue weighted by Gasteiger charge is 2.12. The van der Waals surface area contributed by atoms with Gasteiger partial charge in [0.2, 0.25) is 0 Å². The van der Waals surface area contributed by atoms with Crippen LogP contribution in [0.4, 0.5) is 4.39 Å². The molecule has 0 saturated heterocycles. The fourth-order valence-corrected chi connectivity index (χ4v) is 2.26. The molecule has 1 unspecified atom stereocenters. The highest BCUT2D eigenvalue weighted by atomic mass is 127. The lowest BCUT2D eigenvalue weighted by atomic mass is 10.2. The van der Waals surface area contributed by atoms with E-state index in [9.17, 15) is 4.39 Å². The van der Waals surface area contributed by atoms with Crippen molar-refractivity contribution in [3.8, 4) is 5.75 Å². The minimum Gasteiger partial charge on any atom is -0.486 e. The van der Waals surface area contributed by atoms with E-state index in [2.05, 4.69) is 27.8 Å². The zero-order chi connectivity index (χ0) is 15.8. The summed E-state index contributed by atoms with van der Waals surface area (Å²) in [6.07, 6.45) is 6.18. The van der Waals surface area contributed by atoms with Gasteiger partial charge in [-0.1, -0.05) is 24.3 Å². The molecule has 23 heavy (non-hydrogen) atoms. The summed E-state index contributed by atoms with van der Waals surface area (Å²) in [5.41, 5.74) is 0. The summed E-state index contributed by atoms with van der Waals surface area (Å²) in [6, 6.07) is 6.83. The van der Waals surface area contributed by atoms with Crippen molar-refractivity contribution in [2.75, 3.05) is 13.1 Å². The van der Waals surface area contributed by atoms with Crippen LogP contribution in [0.3, 0.4) is 0 Å². The number of benzene rings is 1. The van der Waals surface area contributed by atoms with E-state index in [1.807, 2.05) is 13.8 Å². The number of hydrogen-bond acceptors (Lipinski definition) is 2. The van der Waals surface area contributed by atoms with Crippen LogP contribution >= 0.6 is 24.0 Å². The van der Waals surface area contributed by atoms with Crippen LogP contribution in [0.25, 0.3) is 0 Å². The Kier molecular flexibility index (Phi) is 8.98. The van der Waals surface area contributed by atoms with E-state index in [1.54, 1.807) is 18.2 Å². The van der Waals surface area contributed by atoms with Crippen LogP contribution in [0.15, 0.2) is 41.4 Å². The Morgan fingerprint density at radius 3 is 2.70 bits per heavy atom. The van der Waals surface area contributed by atoms with Gasteiger partial charge in [-0.3, -0.25) is 0 Å². The number of hydrogen-bond donors (Lipinski definition) is 2. The van der Waals surface area contributed by atoms with Crippen molar-refractivity contribution in [1.29, 1.82) is 0 Å². The number of nitrogens with one attached hydrogen (secondary N) is 2. The molecule has 1 aromatic carbocycles. The molecular formula is C17H25FIN3O. The Bertz CT molecular complexity index is 528. The van der Waals surface area contributed by atoms with Crippen LogP contribution in [0.5, 0.6) is 5.75 Å². The van der Waals surface area contributed by atoms with E-state index in [0.717, 1.165) is 25.3 Å². The molecule has 128 valence electrons. The number of rotatable bonds is 6. The Morgan fingerprint density at radius 1 is 1.35 bits per heavy atom.